The third-order valence-corrected chi connectivity index (χ3v) is 11.1. The normalized spacial score (nSPS) is 49.0. The molecule has 62 heavy (non-hydrogen) atoms. The summed E-state index contributed by atoms with van der Waals surface area (Å²) in [6, 6.07) is -3.28. The molecule has 5 saturated heterocycles. The molecule has 0 bridgehead atoms. The lowest BCUT2D eigenvalue weighted by Crippen LogP contribution is -2.70. The fraction of sp³-hybridized carbons (Fsp3) is 0.941. The molecule has 0 unspecified atom stereocenters. The maximum absolute atomic E-state index is 12.5. The maximum Gasteiger partial charge on any atom is 0.217 e. The Morgan fingerprint density at radius 2 is 0.726 bits per heavy atom. The summed E-state index contributed by atoms with van der Waals surface area (Å²) in [6.45, 7) is -2.53. The molecule has 360 valence electrons. The maximum atomic E-state index is 12.5. The number of carbonyl (C=O) groups excluding carboxylic acids is 2. The Hall–Kier alpha value is -2.02. The zero-order valence-corrected chi connectivity index (χ0v) is 33.2. The number of aliphatic hydroxyl groups is 15. The van der Waals surface area contributed by atoms with Gasteiger partial charge >= 0.3 is 0 Å². The van der Waals surface area contributed by atoms with Crippen LogP contribution in [0.3, 0.4) is 0 Å². The average molecular weight is 911 g/mol. The van der Waals surface area contributed by atoms with Gasteiger partial charge in [-0.2, -0.15) is 0 Å². The van der Waals surface area contributed by atoms with Crippen LogP contribution < -0.4 is 10.6 Å². The van der Waals surface area contributed by atoms with Gasteiger partial charge in [-0.3, -0.25) is 9.59 Å². The SMILES string of the molecule is CC(=O)N[C@H]1[C@@H](O[C@H]2[C@@H](O)[C@@H](CO)O[C@@H](O[C@H]3[C@H](O)[C@@H](O)[C@H](O)O[C@@H]3CO)[C@@H]2O)O[C@H](CO)[C@@H](O[C@@H]2O[C@H](CO)[C@H](O)[C@@H](O[C@@H]3O[C@H](CO)[C@H](O)[C@H](O)[C@H]3NC(C)=O)[C@H]2O)[C@@H]1O. The van der Waals surface area contributed by atoms with Crippen LogP contribution in [0, 0.1) is 0 Å². The topological polar surface area (TPSA) is 445 Å². The van der Waals surface area contributed by atoms with E-state index in [0.29, 0.717) is 0 Å². The lowest BCUT2D eigenvalue weighted by molar-refractivity contribution is -0.384. The van der Waals surface area contributed by atoms with Crippen LogP contribution in [-0.2, 0) is 52.2 Å². The molecule has 2 amide bonds. The second-order valence-electron chi connectivity index (χ2n) is 15.4. The number of amides is 2. The van der Waals surface area contributed by atoms with Gasteiger partial charge in [0.1, 0.15) is 122 Å². The third kappa shape index (κ3) is 10.8. The van der Waals surface area contributed by atoms with Gasteiger partial charge in [-0.1, -0.05) is 0 Å². The second kappa shape index (κ2) is 22.0. The zero-order chi connectivity index (χ0) is 45.9. The van der Waals surface area contributed by atoms with Crippen molar-refractivity contribution < 1.29 is 129 Å². The molecule has 5 fully saturated rings. The number of rotatable bonds is 15. The van der Waals surface area contributed by atoms with E-state index in [9.17, 15) is 86.2 Å². The van der Waals surface area contributed by atoms with Crippen LogP contribution in [0.1, 0.15) is 13.8 Å². The molecule has 17 N–H and O–H groups in total. The molecule has 0 aliphatic carbocycles. The van der Waals surface area contributed by atoms with Crippen LogP contribution >= 0.6 is 0 Å². The van der Waals surface area contributed by atoms with Gasteiger partial charge in [0.2, 0.25) is 11.8 Å². The molecule has 5 aliphatic rings. The predicted octanol–water partition coefficient (Wildman–Crippen LogP) is -11.6. The van der Waals surface area contributed by atoms with E-state index in [2.05, 4.69) is 10.6 Å². The van der Waals surface area contributed by atoms with Gasteiger partial charge in [0.25, 0.3) is 0 Å². The fourth-order valence-electron chi connectivity index (χ4n) is 7.83. The molecular formula is C34H58N2O26. The standard InChI is InChI=1S/C34H58N2O26/c1-8(42)35-15-20(47)17(44)10(3-37)55-31(15)61-28-18(45)11(4-38)56-33(24(28)51)59-26-14(7-41)58-32(16(21(26)48)36-9(2)43)62-29-19(46)12(5-39)57-34(25(29)52)60-27-13(6-40)54-30(53)23(50)22(27)49/h10-34,37-41,44-53H,3-7H2,1-2H3,(H,35,42)(H,36,43)/t10-,11-,12-,13-,14-,15-,16-,17+,18+,19+,20-,21-,22-,23-,24-,25-,26-,27-,28-,29+,30-,31+,32-,33+,34+/m1/s1. The molecule has 28 heteroatoms. The van der Waals surface area contributed by atoms with Gasteiger partial charge in [0.15, 0.2) is 31.5 Å². The summed E-state index contributed by atoms with van der Waals surface area (Å²) in [5, 5.41) is 163. The Balaban J connectivity index is 1.37. The Morgan fingerprint density at radius 3 is 1.15 bits per heavy atom. The molecule has 25 atom stereocenters. The summed E-state index contributed by atoms with van der Waals surface area (Å²) in [5.74, 6) is -1.55. The van der Waals surface area contributed by atoms with E-state index >= 15 is 0 Å². The molecule has 5 heterocycles. The first kappa shape index (κ1) is 51.0. The van der Waals surface area contributed by atoms with Crippen molar-refractivity contribution in [3.63, 3.8) is 0 Å². The summed E-state index contributed by atoms with van der Waals surface area (Å²) in [6.07, 6.45) is -42.2. The molecule has 0 spiro atoms. The number of nitrogens with one attached hydrogen (secondary N) is 2. The molecule has 0 radical (unpaired) electrons. The number of carbonyl (C=O) groups is 2. The van der Waals surface area contributed by atoms with Gasteiger partial charge < -0.3 is 130 Å². The molecule has 0 saturated carbocycles. The third-order valence-electron chi connectivity index (χ3n) is 11.1. The molecule has 5 aliphatic heterocycles. The van der Waals surface area contributed by atoms with Crippen LogP contribution in [0.2, 0.25) is 0 Å². The van der Waals surface area contributed by atoms with E-state index < -0.39 is 198 Å². The summed E-state index contributed by atoms with van der Waals surface area (Å²) in [4.78, 5) is 24.4. The van der Waals surface area contributed by atoms with Crippen molar-refractivity contribution in [1.82, 2.24) is 10.6 Å². The van der Waals surface area contributed by atoms with E-state index in [4.69, 9.17) is 42.6 Å². The van der Waals surface area contributed by atoms with Gasteiger partial charge in [-0.15, -0.1) is 0 Å². The van der Waals surface area contributed by atoms with Crippen molar-refractivity contribution in [2.24, 2.45) is 0 Å². The Bertz CT molecular complexity index is 1440. The predicted molar refractivity (Wildman–Crippen MR) is 190 cm³/mol. The smallest absolute Gasteiger partial charge is 0.217 e. The lowest BCUT2D eigenvalue weighted by Gasteiger charge is -2.50. The van der Waals surface area contributed by atoms with Crippen LogP contribution in [0.4, 0.5) is 0 Å². The summed E-state index contributed by atoms with van der Waals surface area (Å²) in [7, 11) is 0. The zero-order valence-electron chi connectivity index (χ0n) is 33.2. The Morgan fingerprint density at radius 1 is 0.387 bits per heavy atom. The van der Waals surface area contributed by atoms with E-state index in [-0.39, 0.29) is 0 Å². The average Bonchev–Trinajstić information content (AvgIpc) is 3.23. The van der Waals surface area contributed by atoms with Gasteiger partial charge in [0, 0.05) is 13.8 Å². The van der Waals surface area contributed by atoms with E-state index in [0.717, 1.165) is 13.8 Å². The lowest BCUT2D eigenvalue weighted by atomic mass is 9.94. The molecule has 0 aromatic heterocycles. The van der Waals surface area contributed by atoms with Crippen molar-refractivity contribution in [3.8, 4) is 0 Å². The van der Waals surface area contributed by atoms with E-state index in [1.165, 1.54) is 0 Å². The number of ether oxygens (including phenoxy) is 9. The summed E-state index contributed by atoms with van der Waals surface area (Å²) < 4.78 is 50.7. The molecule has 0 aromatic carbocycles. The van der Waals surface area contributed by atoms with E-state index in [1.54, 1.807) is 0 Å². The van der Waals surface area contributed by atoms with E-state index in [1.807, 2.05) is 0 Å². The summed E-state index contributed by atoms with van der Waals surface area (Å²) >= 11 is 0. The minimum Gasteiger partial charge on any atom is -0.394 e. The first-order valence-electron chi connectivity index (χ1n) is 19.6. The summed E-state index contributed by atoms with van der Waals surface area (Å²) in [5.41, 5.74) is 0. The van der Waals surface area contributed by atoms with Gasteiger partial charge in [-0.25, -0.2) is 0 Å². The number of hydrogen-bond acceptors (Lipinski definition) is 26. The highest BCUT2D eigenvalue weighted by Crippen LogP contribution is 2.35. The second-order valence-corrected chi connectivity index (χ2v) is 15.4. The van der Waals surface area contributed by atoms with Crippen molar-refractivity contribution >= 4 is 11.8 Å². The number of hydrogen-bond donors (Lipinski definition) is 17. The largest absolute Gasteiger partial charge is 0.394 e. The fourth-order valence-corrected chi connectivity index (χ4v) is 7.83. The van der Waals surface area contributed by atoms with Gasteiger partial charge in [-0.05, 0) is 0 Å². The van der Waals surface area contributed by atoms with Crippen molar-refractivity contribution in [2.45, 2.75) is 167 Å². The first-order chi connectivity index (χ1) is 29.3. The minimum absolute atomic E-state index is 0.726. The monoisotopic (exact) mass is 910 g/mol. The van der Waals surface area contributed by atoms with Crippen LogP contribution in [-0.4, -0.2) is 275 Å². The van der Waals surface area contributed by atoms with Crippen LogP contribution in [0.25, 0.3) is 0 Å². The molecule has 28 nitrogen and oxygen atoms in total. The van der Waals surface area contributed by atoms with Crippen molar-refractivity contribution in [1.29, 1.82) is 0 Å². The van der Waals surface area contributed by atoms with Gasteiger partial charge in [0.05, 0.1) is 33.0 Å². The highest BCUT2D eigenvalue weighted by Gasteiger charge is 2.57. The van der Waals surface area contributed by atoms with Crippen LogP contribution in [0.5, 0.6) is 0 Å². The quantitative estimate of drug-likeness (QED) is 0.0725. The Labute approximate surface area is 351 Å². The highest BCUT2D eigenvalue weighted by molar-refractivity contribution is 5.73. The molecular weight excluding hydrogens is 852 g/mol. The molecule has 0 aromatic rings. The highest BCUT2D eigenvalue weighted by atomic mass is 16.8. The first-order valence-corrected chi connectivity index (χ1v) is 19.6. The van der Waals surface area contributed by atoms with Crippen molar-refractivity contribution in [2.75, 3.05) is 33.0 Å². The number of aliphatic hydroxyl groups excluding tert-OH is 15. The minimum atomic E-state index is -2.10. The van der Waals surface area contributed by atoms with Crippen molar-refractivity contribution in [3.05, 3.63) is 0 Å². The Kier molecular flexibility index (Phi) is 18.1. The van der Waals surface area contributed by atoms with Crippen LogP contribution in [0.15, 0.2) is 0 Å². The molecule has 5 rings (SSSR count).